The molecule has 4 aromatic rings. The van der Waals surface area contributed by atoms with Gasteiger partial charge in [0.2, 0.25) is 0 Å². The molecule has 0 fully saturated rings. The molecule has 0 spiro atoms. The summed E-state index contributed by atoms with van der Waals surface area (Å²) in [6, 6.07) is 30.6. The first-order valence-electron chi connectivity index (χ1n) is 11.3. The summed E-state index contributed by atoms with van der Waals surface area (Å²) >= 11 is 7.64. The minimum absolute atomic E-state index is 0.280. The number of hydrogen-bond donors (Lipinski definition) is 1. The molecular weight excluding hydrogens is 492 g/mol. The van der Waals surface area contributed by atoms with Crippen molar-refractivity contribution in [1.82, 2.24) is 5.43 Å². The maximum atomic E-state index is 12.5. The summed E-state index contributed by atoms with van der Waals surface area (Å²) in [7, 11) is 1.59. The third kappa shape index (κ3) is 7.38. The highest BCUT2D eigenvalue weighted by Crippen LogP contribution is 2.28. The number of rotatable bonds is 10. The van der Waals surface area contributed by atoms with Crippen LogP contribution in [0.25, 0.3) is 0 Å². The summed E-state index contributed by atoms with van der Waals surface area (Å²) in [5.41, 5.74) is 6.07. The van der Waals surface area contributed by atoms with E-state index in [1.807, 2.05) is 84.9 Å². The number of thioether (sulfide) groups is 1. The lowest BCUT2D eigenvalue weighted by atomic mass is 10.1. The van der Waals surface area contributed by atoms with Gasteiger partial charge in [-0.2, -0.15) is 5.10 Å². The Morgan fingerprint density at radius 2 is 1.67 bits per heavy atom. The molecule has 0 aliphatic rings. The Hall–Kier alpha value is -3.74. The number of amides is 1. The summed E-state index contributed by atoms with van der Waals surface area (Å²) in [5.74, 6) is 1.75. The fourth-order valence-corrected chi connectivity index (χ4v) is 4.28. The molecule has 0 saturated heterocycles. The van der Waals surface area contributed by atoms with E-state index in [1.165, 1.54) is 0 Å². The van der Waals surface area contributed by atoms with E-state index in [4.69, 9.17) is 21.1 Å². The average molecular weight is 517 g/mol. The van der Waals surface area contributed by atoms with Crippen molar-refractivity contribution in [2.75, 3.05) is 7.11 Å². The smallest absolute Gasteiger partial charge is 0.271 e. The molecule has 4 rings (SSSR count). The molecule has 5 nitrogen and oxygen atoms in total. The molecule has 0 aliphatic heterocycles. The van der Waals surface area contributed by atoms with Crippen LogP contribution in [0.15, 0.2) is 107 Å². The van der Waals surface area contributed by atoms with Crippen molar-refractivity contribution in [3.05, 3.63) is 124 Å². The van der Waals surface area contributed by atoms with Crippen molar-refractivity contribution >= 4 is 35.5 Å². The summed E-state index contributed by atoms with van der Waals surface area (Å²) in [4.78, 5) is 13.6. The van der Waals surface area contributed by atoms with E-state index in [-0.39, 0.29) is 5.91 Å². The first kappa shape index (κ1) is 25.4. The number of hydrazone groups is 1. The topological polar surface area (TPSA) is 59.9 Å². The van der Waals surface area contributed by atoms with E-state index in [0.29, 0.717) is 23.7 Å². The molecule has 182 valence electrons. The van der Waals surface area contributed by atoms with E-state index in [1.54, 1.807) is 37.2 Å². The van der Waals surface area contributed by atoms with Crippen LogP contribution in [-0.2, 0) is 12.4 Å². The van der Waals surface area contributed by atoms with Gasteiger partial charge in [-0.1, -0.05) is 54.1 Å². The Balaban J connectivity index is 1.29. The summed E-state index contributed by atoms with van der Waals surface area (Å²) < 4.78 is 11.3. The fourth-order valence-electron chi connectivity index (χ4n) is 3.30. The lowest BCUT2D eigenvalue weighted by molar-refractivity contribution is 0.0955. The van der Waals surface area contributed by atoms with Gasteiger partial charge in [0.1, 0.15) is 6.61 Å². The molecular formula is C29H25ClN2O3S. The number of carbonyl (C=O) groups is 1. The number of carbonyl (C=O) groups excluding carboxylic acids is 1. The molecule has 36 heavy (non-hydrogen) atoms. The predicted octanol–water partition coefficient (Wildman–Crippen LogP) is 6.98. The first-order valence-corrected chi connectivity index (χ1v) is 12.6. The van der Waals surface area contributed by atoms with Gasteiger partial charge in [0.05, 0.1) is 13.3 Å². The number of benzene rings is 4. The van der Waals surface area contributed by atoms with Crippen molar-refractivity contribution in [3.63, 3.8) is 0 Å². The highest BCUT2D eigenvalue weighted by atomic mass is 35.5. The zero-order chi connectivity index (χ0) is 25.2. The van der Waals surface area contributed by atoms with E-state index < -0.39 is 0 Å². The van der Waals surface area contributed by atoms with E-state index in [0.717, 1.165) is 32.4 Å². The maximum Gasteiger partial charge on any atom is 0.271 e. The summed E-state index contributed by atoms with van der Waals surface area (Å²) in [5, 5.41) is 4.81. The van der Waals surface area contributed by atoms with Crippen molar-refractivity contribution in [3.8, 4) is 11.5 Å². The van der Waals surface area contributed by atoms with Crippen molar-refractivity contribution in [2.45, 2.75) is 17.3 Å². The number of hydrogen-bond acceptors (Lipinski definition) is 5. The minimum Gasteiger partial charge on any atom is -0.493 e. The molecule has 4 aromatic carbocycles. The Morgan fingerprint density at radius 1 is 0.917 bits per heavy atom. The maximum absolute atomic E-state index is 12.5. The number of ether oxygens (including phenoxy) is 2. The quantitative estimate of drug-likeness (QED) is 0.140. The second kappa shape index (κ2) is 12.8. The molecule has 1 N–H and O–H groups in total. The fraction of sp³-hybridized carbons (Fsp3) is 0.103. The molecule has 0 atom stereocenters. The average Bonchev–Trinajstić information content (AvgIpc) is 2.92. The van der Waals surface area contributed by atoms with Crippen LogP contribution in [0.3, 0.4) is 0 Å². The van der Waals surface area contributed by atoms with E-state index in [2.05, 4.69) is 10.5 Å². The van der Waals surface area contributed by atoms with Gasteiger partial charge >= 0.3 is 0 Å². The molecule has 1 amide bonds. The third-order valence-electron chi connectivity index (χ3n) is 5.24. The third-order valence-corrected chi connectivity index (χ3v) is 6.57. The van der Waals surface area contributed by atoms with Gasteiger partial charge in [-0.05, 0) is 71.3 Å². The Morgan fingerprint density at radius 3 is 2.39 bits per heavy atom. The zero-order valence-electron chi connectivity index (χ0n) is 19.7. The highest BCUT2D eigenvalue weighted by molar-refractivity contribution is 7.98. The van der Waals surface area contributed by atoms with Crippen molar-refractivity contribution < 1.29 is 14.3 Å². The largest absolute Gasteiger partial charge is 0.493 e. The Kier molecular flexibility index (Phi) is 9.03. The van der Waals surface area contributed by atoms with E-state index in [9.17, 15) is 4.79 Å². The van der Waals surface area contributed by atoms with Gasteiger partial charge in [-0.3, -0.25) is 4.79 Å². The van der Waals surface area contributed by atoms with Gasteiger partial charge in [0, 0.05) is 21.2 Å². The van der Waals surface area contributed by atoms with Gasteiger partial charge in [-0.15, -0.1) is 11.8 Å². The van der Waals surface area contributed by atoms with Crippen LogP contribution in [0.2, 0.25) is 5.02 Å². The van der Waals surface area contributed by atoms with Gasteiger partial charge in [-0.25, -0.2) is 5.43 Å². The SMILES string of the molecule is COc1cc(/C=N/NC(=O)c2ccc(CSc3ccc(Cl)cc3)cc2)ccc1OCc1ccccc1. The number of methoxy groups -OCH3 is 1. The van der Waals surface area contributed by atoms with Gasteiger partial charge in [0.25, 0.3) is 5.91 Å². The van der Waals surface area contributed by atoms with Gasteiger partial charge in [0.15, 0.2) is 11.5 Å². The lowest BCUT2D eigenvalue weighted by Crippen LogP contribution is -2.17. The summed E-state index contributed by atoms with van der Waals surface area (Å²) in [6.45, 7) is 0.444. The Labute approximate surface area is 220 Å². The predicted molar refractivity (Wildman–Crippen MR) is 146 cm³/mol. The van der Waals surface area contributed by atoms with Crippen molar-refractivity contribution in [2.24, 2.45) is 5.10 Å². The van der Waals surface area contributed by atoms with Crippen LogP contribution in [0.1, 0.15) is 27.0 Å². The normalized spacial score (nSPS) is 10.8. The van der Waals surface area contributed by atoms with Crippen LogP contribution < -0.4 is 14.9 Å². The highest BCUT2D eigenvalue weighted by Gasteiger charge is 2.07. The molecule has 7 heteroatoms. The number of nitrogens with zero attached hydrogens (tertiary/aromatic N) is 1. The standard InChI is InChI=1S/C29H25ClN2O3S/c1-34-28-17-23(9-16-27(28)35-19-21-5-3-2-4-6-21)18-31-32-29(33)24-10-7-22(8-11-24)20-36-26-14-12-25(30)13-15-26/h2-18H,19-20H2,1H3,(H,32,33)/b31-18+. The summed E-state index contributed by atoms with van der Waals surface area (Å²) in [6.07, 6.45) is 1.57. The lowest BCUT2D eigenvalue weighted by Gasteiger charge is -2.11. The number of nitrogens with one attached hydrogen (secondary N) is 1. The zero-order valence-corrected chi connectivity index (χ0v) is 21.3. The molecule has 0 aliphatic carbocycles. The second-order valence-electron chi connectivity index (χ2n) is 7.82. The minimum atomic E-state index is -0.280. The Bertz CT molecular complexity index is 1310. The van der Waals surface area contributed by atoms with Crippen LogP contribution in [0.5, 0.6) is 11.5 Å². The van der Waals surface area contributed by atoms with Crippen LogP contribution in [0.4, 0.5) is 0 Å². The molecule has 0 heterocycles. The van der Waals surface area contributed by atoms with Crippen LogP contribution >= 0.6 is 23.4 Å². The molecule has 0 unspecified atom stereocenters. The molecule has 0 bridgehead atoms. The van der Waals surface area contributed by atoms with E-state index >= 15 is 0 Å². The number of halogens is 1. The monoisotopic (exact) mass is 516 g/mol. The first-order chi connectivity index (χ1) is 17.6. The molecule has 0 aromatic heterocycles. The van der Waals surface area contributed by atoms with Crippen molar-refractivity contribution in [1.29, 1.82) is 0 Å². The van der Waals surface area contributed by atoms with Gasteiger partial charge < -0.3 is 9.47 Å². The second-order valence-corrected chi connectivity index (χ2v) is 9.31. The molecule has 0 saturated carbocycles. The van der Waals surface area contributed by atoms with Crippen LogP contribution in [0, 0.1) is 0 Å². The van der Waals surface area contributed by atoms with Crippen LogP contribution in [-0.4, -0.2) is 19.2 Å². The molecule has 0 radical (unpaired) electrons.